The molecule has 6 heteroatoms. The average Bonchev–Trinajstić information content (AvgIpc) is 3.10. The first kappa shape index (κ1) is 18.7. The van der Waals surface area contributed by atoms with Gasteiger partial charge >= 0.3 is 0 Å². The number of hydrazine groups is 1. The van der Waals surface area contributed by atoms with Crippen molar-refractivity contribution in [1.82, 2.24) is 15.8 Å². The lowest BCUT2D eigenvalue weighted by Crippen LogP contribution is -2.51. The minimum atomic E-state index is -0.259. The van der Waals surface area contributed by atoms with Gasteiger partial charge < -0.3 is 9.64 Å². The standard InChI is InChI=1S/C21H30FN3O2/c1-14-4-9-19-18(11-14)20(24-23-19)21(26)25-10-2-3-15(12-25)13-27-17-7-5-16(22)6-8-17/h5-8,14-15,18-20,23-24H,2-4,9-13H2,1H3. The summed E-state index contributed by atoms with van der Waals surface area (Å²) in [5.74, 6) is 2.07. The van der Waals surface area contributed by atoms with Crippen LogP contribution < -0.4 is 15.6 Å². The van der Waals surface area contributed by atoms with Crippen LogP contribution in [0.2, 0.25) is 0 Å². The summed E-state index contributed by atoms with van der Waals surface area (Å²) >= 11 is 0. The fraction of sp³-hybridized carbons (Fsp3) is 0.667. The zero-order valence-electron chi connectivity index (χ0n) is 16.0. The molecule has 5 unspecified atom stereocenters. The summed E-state index contributed by atoms with van der Waals surface area (Å²) in [6.07, 6.45) is 5.57. The molecular weight excluding hydrogens is 345 g/mol. The highest BCUT2D eigenvalue weighted by Gasteiger charge is 2.44. The maximum atomic E-state index is 13.2. The SMILES string of the molecule is CC1CCC2NNC(C(=O)N3CCCC(COc4ccc(F)cc4)C3)C2C1. The first-order valence-electron chi connectivity index (χ1n) is 10.3. The third-order valence-electron chi connectivity index (χ3n) is 6.41. The van der Waals surface area contributed by atoms with Crippen molar-refractivity contribution < 1.29 is 13.9 Å². The molecule has 0 radical (unpaired) electrons. The molecule has 2 saturated heterocycles. The number of fused-ring (bicyclic) bond motifs is 1. The Morgan fingerprint density at radius 3 is 2.85 bits per heavy atom. The van der Waals surface area contributed by atoms with Gasteiger partial charge in [-0.2, -0.15) is 0 Å². The summed E-state index contributed by atoms with van der Waals surface area (Å²) in [5.41, 5.74) is 6.65. The Morgan fingerprint density at radius 2 is 2.04 bits per heavy atom. The van der Waals surface area contributed by atoms with E-state index >= 15 is 0 Å². The summed E-state index contributed by atoms with van der Waals surface area (Å²) in [5, 5.41) is 0. The quantitative estimate of drug-likeness (QED) is 0.850. The summed E-state index contributed by atoms with van der Waals surface area (Å²) in [6, 6.07) is 6.45. The van der Waals surface area contributed by atoms with E-state index in [1.54, 1.807) is 12.1 Å². The Bertz CT molecular complexity index is 653. The highest BCUT2D eigenvalue weighted by molar-refractivity contribution is 5.82. The zero-order valence-corrected chi connectivity index (χ0v) is 16.0. The molecule has 27 heavy (non-hydrogen) atoms. The van der Waals surface area contributed by atoms with Crippen molar-refractivity contribution in [3.63, 3.8) is 0 Å². The Balaban J connectivity index is 1.32. The van der Waals surface area contributed by atoms with Crippen LogP contribution in [0.5, 0.6) is 5.75 Å². The molecular formula is C21H30FN3O2. The first-order chi connectivity index (χ1) is 13.1. The minimum absolute atomic E-state index is 0.102. The number of benzene rings is 1. The van der Waals surface area contributed by atoms with Crippen molar-refractivity contribution in [2.75, 3.05) is 19.7 Å². The molecule has 1 saturated carbocycles. The summed E-state index contributed by atoms with van der Waals surface area (Å²) in [4.78, 5) is 15.2. The first-order valence-corrected chi connectivity index (χ1v) is 10.3. The maximum absolute atomic E-state index is 13.2. The molecule has 0 bridgehead atoms. The van der Waals surface area contributed by atoms with E-state index in [0.29, 0.717) is 36.2 Å². The number of halogens is 1. The number of carbonyl (C=O) groups excluding carboxylic acids is 1. The molecule has 1 amide bonds. The number of carbonyl (C=O) groups is 1. The Kier molecular flexibility index (Phi) is 5.64. The van der Waals surface area contributed by atoms with Crippen LogP contribution >= 0.6 is 0 Å². The van der Waals surface area contributed by atoms with Crippen LogP contribution in [0.1, 0.15) is 39.0 Å². The molecule has 3 aliphatic rings. The number of amides is 1. The van der Waals surface area contributed by atoms with Crippen molar-refractivity contribution in [2.45, 2.75) is 51.1 Å². The predicted octanol–water partition coefficient (Wildman–Crippen LogP) is 2.72. The number of rotatable bonds is 4. The van der Waals surface area contributed by atoms with E-state index in [0.717, 1.165) is 38.8 Å². The van der Waals surface area contributed by atoms with Gasteiger partial charge in [0.05, 0.1) is 6.61 Å². The van der Waals surface area contributed by atoms with Gasteiger partial charge in [0, 0.05) is 31.0 Å². The van der Waals surface area contributed by atoms with E-state index < -0.39 is 0 Å². The molecule has 2 heterocycles. The number of hydrogen-bond acceptors (Lipinski definition) is 4. The second-order valence-corrected chi connectivity index (χ2v) is 8.51. The van der Waals surface area contributed by atoms with Crippen LogP contribution in [0, 0.1) is 23.6 Å². The summed E-state index contributed by atoms with van der Waals surface area (Å²) < 4.78 is 18.8. The highest BCUT2D eigenvalue weighted by atomic mass is 19.1. The minimum Gasteiger partial charge on any atom is -0.493 e. The third kappa shape index (κ3) is 4.27. The van der Waals surface area contributed by atoms with Gasteiger partial charge in [-0.1, -0.05) is 6.92 Å². The highest BCUT2D eigenvalue weighted by Crippen LogP contribution is 2.34. The molecule has 5 atom stereocenters. The van der Waals surface area contributed by atoms with Crippen LogP contribution in [0.15, 0.2) is 24.3 Å². The lowest BCUT2D eigenvalue weighted by atomic mass is 9.76. The molecule has 3 fully saturated rings. The number of nitrogens with one attached hydrogen (secondary N) is 2. The van der Waals surface area contributed by atoms with E-state index in [1.165, 1.54) is 18.6 Å². The van der Waals surface area contributed by atoms with E-state index in [4.69, 9.17) is 4.74 Å². The summed E-state index contributed by atoms with van der Waals surface area (Å²) in [7, 11) is 0. The molecule has 2 N–H and O–H groups in total. The maximum Gasteiger partial charge on any atom is 0.241 e. The predicted molar refractivity (Wildman–Crippen MR) is 102 cm³/mol. The van der Waals surface area contributed by atoms with Gasteiger partial charge in [-0.15, -0.1) is 0 Å². The number of likely N-dealkylation sites (tertiary alicyclic amines) is 1. The van der Waals surface area contributed by atoms with E-state index in [1.807, 2.05) is 4.90 Å². The van der Waals surface area contributed by atoms with Crippen molar-refractivity contribution >= 4 is 5.91 Å². The topological polar surface area (TPSA) is 53.6 Å². The molecule has 2 aliphatic heterocycles. The van der Waals surface area contributed by atoms with Gasteiger partial charge in [0.1, 0.15) is 17.6 Å². The van der Waals surface area contributed by atoms with Crippen LogP contribution in [-0.2, 0) is 4.79 Å². The molecule has 1 aromatic rings. The lowest BCUT2D eigenvalue weighted by Gasteiger charge is -2.36. The number of nitrogens with zero attached hydrogens (tertiary/aromatic N) is 1. The second-order valence-electron chi connectivity index (χ2n) is 8.51. The van der Waals surface area contributed by atoms with Crippen molar-refractivity contribution in [3.8, 4) is 5.75 Å². The van der Waals surface area contributed by atoms with Gasteiger partial charge in [-0.05, 0) is 62.3 Å². The molecule has 1 aromatic carbocycles. The van der Waals surface area contributed by atoms with Crippen molar-refractivity contribution in [1.29, 1.82) is 0 Å². The zero-order chi connectivity index (χ0) is 18.8. The molecule has 1 aliphatic carbocycles. The average molecular weight is 375 g/mol. The van der Waals surface area contributed by atoms with Gasteiger partial charge in [-0.25, -0.2) is 9.82 Å². The fourth-order valence-electron chi connectivity index (χ4n) is 4.86. The third-order valence-corrected chi connectivity index (χ3v) is 6.41. The molecule has 4 rings (SSSR count). The molecule has 0 aromatic heterocycles. The van der Waals surface area contributed by atoms with Crippen LogP contribution in [0.4, 0.5) is 4.39 Å². The normalized spacial score (nSPS) is 33.6. The van der Waals surface area contributed by atoms with Crippen molar-refractivity contribution in [3.05, 3.63) is 30.1 Å². The Labute approximate surface area is 160 Å². The second kappa shape index (κ2) is 8.15. The van der Waals surface area contributed by atoms with E-state index in [2.05, 4.69) is 17.8 Å². The van der Waals surface area contributed by atoms with Crippen LogP contribution in [-0.4, -0.2) is 42.6 Å². The molecule has 148 valence electrons. The Morgan fingerprint density at radius 1 is 1.22 bits per heavy atom. The van der Waals surface area contributed by atoms with Crippen LogP contribution in [0.25, 0.3) is 0 Å². The number of piperidine rings is 1. The Hall–Kier alpha value is -1.66. The fourth-order valence-corrected chi connectivity index (χ4v) is 4.86. The molecule has 5 nitrogen and oxygen atoms in total. The van der Waals surface area contributed by atoms with Gasteiger partial charge in [-0.3, -0.25) is 10.2 Å². The number of hydrogen-bond donors (Lipinski definition) is 2. The van der Waals surface area contributed by atoms with E-state index in [-0.39, 0.29) is 17.8 Å². The van der Waals surface area contributed by atoms with Gasteiger partial charge in [0.15, 0.2) is 0 Å². The largest absolute Gasteiger partial charge is 0.493 e. The molecule has 0 spiro atoms. The van der Waals surface area contributed by atoms with Gasteiger partial charge in [0.2, 0.25) is 5.91 Å². The summed E-state index contributed by atoms with van der Waals surface area (Å²) in [6.45, 7) is 4.43. The van der Waals surface area contributed by atoms with Gasteiger partial charge in [0.25, 0.3) is 0 Å². The van der Waals surface area contributed by atoms with E-state index in [9.17, 15) is 9.18 Å². The number of ether oxygens (including phenoxy) is 1. The van der Waals surface area contributed by atoms with Crippen LogP contribution in [0.3, 0.4) is 0 Å². The van der Waals surface area contributed by atoms with Crippen molar-refractivity contribution in [2.24, 2.45) is 17.8 Å². The smallest absolute Gasteiger partial charge is 0.241 e. The lowest BCUT2D eigenvalue weighted by molar-refractivity contribution is -0.136. The monoisotopic (exact) mass is 375 g/mol.